The van der Waals surface area contributed by atoms with Gasteiger partial charge in [0, 0.05) is 12.1 Å². The lowest BCUT2D eigenvalue weighted by Gasteiger charge is -2.13. The van der Waals surface area contributed by atoms with E-state index in [1.54, 1.807) is 26.4 Å². The van der Waals surface area contributed by atoms with Gasteiger partial charge in [-0.1, -0.05) is 30.0 Å². The van der Waals surface area contributed by atoms with E-state index in [0.29, 0.717) is 23.3 Å². The van der Waals surface area contributed by atoms with E-state index in [0.717, 1.165) is 16.9 Å². The Morgan fingerprint density at radius 3 is 2.85 bits per heavy atom. The first-order valence-electron chi connectivity index (χ1n) is 8.32. The fourth-order valence-electron chi connectivity index (χ4n) is 2.54. The predicted molar refractivity (Wildman–Crippen MR) is 103 cm³/mol. The van der Waals surface area contributed by atoms with E-state index < -0.39 is 5.25 Å². The first-order chi connectivity index (χ1) is 13.0. The summed E-state index contributed by atoms with van der Waals surface area (Å²) in [6.07, 6.45) is 1.57. The lowest BCUT2D eigenvalue weighted by molar-refractivity contribution is -0.120. The van der Waals surface area contributed by atoms with Crippen LogP contribution in [0.3, 0.4) is 0 Å². The molecule has 9 heteroatoms. The van der Waals surface area contributed by atoms with Gasteiger partial charge in [-0.3, -0.25) is 4.79 Å². The summed E-state index contributed by atoms with van der Waals surface area (Å²) in [5, 5.41) is 11.2. The zero-order valence-corrected chi connectivity index (χ0v) is 16.1. The topological polar surface area (TPSA) is 108 Å². The summed E-state index contributed by atoms with van der Waals surface area (Å²) >= 11 is 1.24. The van der Waals surface area contributed by atoms with Crippen molar-refractivity contribution in [3.63, 3.8) is 0 Å². The number of aryl methyl sites for hydroxylation is 1. The van der Waals surface area contributed by atoms with Crippen LogP contribution in [0.4, 0.5) is 0 Å². The molecule has 27 heavy (non-hydrogen) atoms. The van der Waals surface area contributed by atoms with Crippen molar-refractivity contribution in [2.75, 3.05) is 13.0 Å². The quantitative estimate of drug-likeness (QED) is 0.473. The molecule has 0 bridgehead atoms. The Bertz CT molecular complexity index is 937. The maximum atomic E-state index is 12.4. The van der Waals surface area contributed by atoms with Crippen molar-refractivity contribution in [1.29, 1.82) is 0 Å². The maximum absolute atomic E-state index is 12.4. The van der Waals surface area contributed by atoms with Crippen molar-refractivity contribution < 1.29 is 13.9 Å². The minimum absolute atomic E-state index is 0.130. The van der Waals surface area contributed by atoms with Gasteiger partial charge in [0.15, 0.2) is 5.82 Å². The number of methoxy groups -OCH3 is 1. The number of carbonyl (C=O) groups excluding carboxylic acids is 1. The zero-order valence-electron chi connectivity index (χ0n) is 15.3. The van der Waals surface area contributed by atoms with Crippen LogP contribution in [0.5, 0.6) is 5.75 Å². The molecule has 0 spiro atoms. The Morgan fingerprint density at radius 2 is 2.15 bits per heavy atom. The van der Waals surface area contributed by atoms with Gasteiger partial charge in [-0.2, -0.15) is 0 Å². The molecule has 0 saturated heterocycles. The van der Waals surface area contributed by atoms with Crippen LogP contribution in [0.15, 0.2) is 46.2 Å². The number of thioether (sulfide) groups is 1. The van der Waals surface area contributed by atoms with Crippen LogP contribution in [0.25, 0.3) is 11.4 Å². The van der Waals surface area contributed by atoms with Crippen LogP contribution in [0, 0.1) is 6.92 Å². The van der Waals surface area contributed by atoms with E-state index in [9.17, 15) is 4.79 Å². The van der Waals surface area contributed by atoms with Crippen molar-refractivity contribution in [2.45, 2.75) is 30.8 Å². The third-order valence-corrected chi connectivity index (χ3v) is 5.12. The molecule has 142 valence electrons. The minimum Gasteiger partial charge on any atom is -0.496 e. The van der Waals surface area contributed by atoms with Gasteiger partial charge >= 0.3 is 0 Å². The second-order valence-corrected chi connectivity index (χ2v) is 7.16. The number of ether oxygens (including phenoxy) is 1. The Kier molecular flexibility index (Phi) is 5.70. The van der Waals surface area contributed by atoms with E-state index in [4.69, 9.17) is 15.0 Å². The first kappa shape index (κ1) is 18.8. The second-order valence-electron chi connectivity index (χ2n) is 5.86. The smallest absolute Gasteiger partial charge is 0.233 e. The van der Waals surface area contributed by atoms with Crippen molar-refractivity contribution in [2.24, 2.45) is 0 Å². The van der Waals surface area contributed by atoms with E-state index >= 15 is 0 Å². The number of rotatable bonds is 7. The normalized spacial score (nSPS) is 12.0. The largest absolute Gasteiger partial charge is 0.496 e. The highest BCUT2D eigenvalue weighted by Gasteiger charge is 2.21. The summed E-state index contributed by atoms with van der Waals surface area (Å²) in [5.41, 5.74) is 1.68. The highest BCUT2D eigenvalue weighted by atomic mass is 32.2. The number of benzene rings is 1. The number of nitrogens with two attached hydrogens (primary N) is 1. The fraction of sp³-hybridized carbons (Fsp3) is 0.278. The van der Waals surface area contributed by atoms with E-state index in [1.807, 2.05) is 31.2 Å². The molecule has 1 amide bonds. The summed E-state index contributed by atoms with van der Waals surface area (Å²) in [6, 6.07) is 9.33. The summed E-state index contributed by atoms with van der Waals surface area (Å²) in [4.78, 5) is 12.4. The molecule has 0 aliphatic rings. The first-order valence-corrected chi connectivity index (χ1v) is 9.20. The van der Waals surface area contributed by atoms with Gasteiger partial charge in [0.05, 0.1) is 24.2 Å². The third kappa shape index (κ3) is 4.08. The van der Waals surface area contributed by atoms with Gasteiger partial charge in [0.25, 0.3) is 0 Å². The molecule has 0 aliphatic carbocycles. The molecule has 3 aromatic rings. The monoisotopic (exact) mass is 387 g/mol. The number of hydrogen-bond acceptors (Lipinski definition) is 7. The van der Waals surface area contributed by atoms with Crippen LogP contribution < -0.4 is 15.9 Å². The average molecular weight is 387 g/mol. The number of hydrogen-bond donors (Lipinski definition) is 2. The average Bonchev–Trinajstić information content (AvgIpc) is 3.25. The molecule has 2 aromatic heterocycles. The number of aromatic nitrogens is 3. The van der Waals surface area contributed by atoms with Crippen molar-refractivity contribution in [3.8, 4) is 17.1 Å². The number of nitrogens with zero attached hydrogens (tertiary/aromatic N) is 3. The third-order valence-electron chi connectivity index (χ3n) is 4.06. The van der Waals surface area contributed by atoms with Gasteiger partial charge in [-0.25, -0.2) is 4.68 Å². The van der Waals surface area contributed by atoms with Crippen molar-refractivity contribution in [1.82, 2.24) is 20.2 Å². The Labute approximate surface area is 161 Å². The lowest BCUT2D eigenvalue weighted by Crippen LogP contribution is -2.31. The summed E-state index contributed by atoms with van der Waals surface area (Å²) in [6.45, 7) is 3.99. The maximum Gasteiger partial charge on any atom is 0.233 e. The van der Waals surface area contributed by atoms with Crippen molar-refractivity contribution in [3.05, 3.63) is 47.9 Å². The SMILES string of the molecule is COc1ccccc1CNC(=O)[C@H](C)Sc1nnc(-c2ccoc2C)n1N. The Morgan fingerprint density at radius 1 is 1.37 bits per heavy atom. The molecule has 1 atom stereocenters. The molecule has 0 fully saturated rings. The molecule has 0 saturated carbocycles. The van der Waals surface area contributed by atoms with Crippen LogP contribution in [0.1, 0.15) is 18.2 Å². The van der Waals surface area contributed by atoms with Crippen LogP contribution in [-0.4, -0.2) is 33.1 Å². The number of para-hydroxylation sites is 1. The summed E-state index contributed by atoms with van der Waals surface area (Å²) < 4.78 is 11.9. The van der Waals surface area contributed by atoms with E-state index in [2.05, 4.69) is 15.5 Å². The Balaban J connectivity index is 1.63. The summed E-state index contributed by atoms with van der Waals surface area (Å²) in [5.74, 6) is 7.90. The number of carbonyl (C=O) groups is 1. The number of furan rings is 1. The molecule has 3 rings (SSSR count). The number of amides is 1. The van der Waals surface area contributed by atoms with Gasteiger partial charge in [0.2, 0.25) is 11.1 Å². The number of nitrogens with one attached hydrogen (secondary N) is 1. The summed E-state index contributed by atoms with van der Waals surface area (Å²) in [7, 11) is 1.60. The highest BCUT2D eigenvalue weighted by molar-refractivity contribution is 8.00. The molecule has 2 heterocycles. The van der Waals surface area contributed by atoms with Crippen LogP contribution in [0.2, 0.25) is 0 Å². The van der Waals surface area contributed by atoms with Gasteiger partial charge in [0.1, 0.15) is 11.5 Å². The van der Waals surface area contributed by atoms with Crippen molar-refractivity contribution >= 4 is 17.7 Å². The highest BCUT2D eigenvalue weighted by Crippen LogP contribution is 2.27. The Hall–Kier alpha value is -2.94. The lowest BCUT2D eigenvalue weighted by atomic mass is 10.2. The van der Waals surface area contributed by atoms with E-state index in [1.165, 1.54) is 16.4 Å². The predicted octanol–water partition coefficient (Wildman–Crippen LogP) is 2.37. The molecule has 1 aromatic carbocycles. The van der Waals surface area contributed by atoms with Gasteiger partial charge in [-0.15, -0.1) is 10.2 Å². The standard InChI is InChI=1S/C18H21N5O3S/c1-11-14(8-9-26-11)16-21-22-18(23(16)19)27-12(2)17(24)20-10-13-6-4-5-7-15(13)25-3/h4-9,12H,10,19H2,1-3H3,(H,20,24)/t12-/m0/s1. The zero-order chi connectivity index (χ0) is 19.4. The van der Waals surface area contributed by atoms with Gasteiger partial charge in [-0.05, 0) is 26.0 Å². The second kappa shape index (κ2) is 8.17. The van der Waals surface area contributed by atoms with Gasteiger partial charge < -0.3 is 20.3 Å². The molecule has 0 radical (unpaired) electrons. The molecule has 8 nitrogen and oxygen atoms in total. The van der Waals surface area contributed by atoms with Crippen LogP contribution in [-0.2, 0) is 11.3 Å². The molecule has 3 N–H and O–H groups in total. The van der Waals surface area contributed by atoms with E-state index in [-0.39, 0.29) is 5.91 Å². The molecular formula is C18H21N5O3S. The molecule has 0 aliphatic heterocycles. The van der Waals surface area contributed by atoms with Crippen LogP contribution >= 0.6 is 11.8 Å². The molecule has 0 unspecified atom stereocenters. The number of nitrogen functional groups attached to an aromatic ring is 1. The fourth-order valence-corrected chi connectivity index (χ4v) is 3.34. The minimum atomic E-state index is -0.399. The molecular weight excluding hydrogens is 366 g/mol.